The van der Waals surface area contributed by atoms with Crippen LogP contribution in [0.4, 0.5) is 5.82 Å². The molecule has 1 aromatic rings. The fourth-order valence-corrected chi connectivity index (χ4v) is 2.61. The Morgan fingerprint density at radius 1 is 1.33 bits per heavy atom. The van der Waals surface area contributed by atoms with Gasteiger partial charge < -0.3 is 5.32 Å². The lowest BCUT2D eigenvalue weighted by molar-refractivity contribution is 0.300. The number of rotatable bonds is 3. The molecule has 3 heteroatoms. The van der Waals surface area contributed by atoms with Gasteiger partial charge in [-0.25, -0.2) is 4.98 Å². The zero-order valence-electron chi connectivity index (χ0n) is 11.2. The normalized spacial score (nSPS) is 23.4. The maximum atomic E-state index is 8.93. The van der Waals surface area contributed by atoms with Crippen LogP contribution in [-0.2, 0) is 0 Å². The van der Waals surface area contributed by atoms with E-state index in [4.69, 9.17) is 5.26 Å². The maximum Gasteiger partial charge on any atom is 0.127 e. The van der Waals surface area contributed by atoms with Gasteiger partial charge in [0.05, 0.1) is 11.6 Å². The number of hydrogen-bond donors (Lipinski definition) is 1. The van der Waals surface area contributed by atoms with Gasteiger partial charge in [0.15, 0.2) is 0 Å². The molecule has 0 radical (unpaired) electrons. The van der Waals surface area contributed by atoms with E-state index < -0.39 is 0 Å². The van der Waals surface area contributed by atoms with Crippen LogP contribution in [0.15, 0.2) is 12.1 Å². The van der Waals surface area contributed by atoms with E-state index in [1.165, 1.54) is 25.7 Å². The van der Waals surface area contributed by atoms with Crippen LogP contribution >= 0.6 is 0 Å². The topological polar surface area (TPSA) is 48.7 Å². The Bertz CT molecular complexity index is 440. The van der Waals surface area contributed by atoms with Crippen LogP contribution in [0.5, 0.6) is 0 Å². The van der Waals surface area contributed by atoms with Crippen LogP contribution in [0.2, 0.25) is 0 Å². The zero-order chi connectivity index (χ0) is 13.0. The number of hydrogen-bond acceptors (Lipinski definition) is 3. The third kappa shape index (κ3) is 3.46. The van der Waals surface area contributed by atoms with E-state index in [0.717, 1.165) is 29.9 Å². The Morgan fingerprint density at radius 3 is 2.72 bits per heavy atom. The van der Waals surface area contributed by atoms with Crippen molar-refractivity contribution in [2.75, 3.05) is 11.9 Å². The third-order valence-electron chi connectivity index (χ3n) is 3.79. The molecule has 1 N–H and O–H groups in total. The van der Waals surface area contributed by atoms with Crippen molar-refractivity contribution in [3.8, 4) is 6.07 Å². The molecule has 1 aliphatic rings. The molecule has 0 bridgehead atoms. The first-order chi connectivity index (χ1) is 8.67. The van der Waals surface area contributed by atoms with E-state index in [0.29, 0.717) is 5.56 Å². The fourth-order valence-electron chi connectivity index (χ4n) is 2.61. The summed E-state index contributed by atoms with van der Waals surface area (Å²) in [6, 6.07) is 5.82. The number of aryl methyl sites for hydroxylation is 1. The highest BCUT2D eigenvalue weighted by Gasteiger charge is 2.17. The highest BCUT2D eigenvalue weighted by molar-refractivity contribution is 5.44. The first-order valence-electron chi connectivity index (χ1n) is 6.80. The monoisotopic (exact) mass is 243 g/mol. The smallest absolute Gasteiger partial charge is 0.127 e. The van der Waals surface area contributed by atoms with Crippen molar-refractivity contribution < 1.29 is 0 Å². The van der Waals surface area contributed by atoms with Gasteiger partial charge in [0.25, 0.3) is 0 Å². The molecule has 1 aliphatic carbocycles. The van der Waals surface area contributed by atoms with E-state index in [2.05, 4.69) is 23.3 Å². The summed E-state index contributed by atoms with van der Waals surface area (Å²) in [6.07, 6.45) is 5.31. The molecule has 1 aromatic heterocycles. The Morgan fingerprint density at radius 2 is 2.06 bits per heavy atom. The average Bonchev–Trinajstić information content (AvgIpc) is 2.37. The summed E-state index contributed by atoms with van der Waals surface area (Å²) in [4.78, 5) is 4.42. The van der Waals surface area contributed by atoms with Crippen LogP contribution < -0.4 is 5.32 Å². The molecule has 3 nitrogen and oxygen atoms in total. The van der Waals surface area contributed by atoms with Crippen molar-refractivity contribution in [2.24, 2.45) is 11.8 Å². The summed E-state index contributed by atoms with van der Waals surface area (Å²) in [5.74, 6) is 2.49. The number of aromatic nitrogens is 1. The number of nitrogens with zero attached hydrogens (tertiary/aromatic N) is 2. The SMILES string of the molecule is Cc1cc(C#N)cc(NCC2CCC(C)CC2)n1. The van der Waals surface area contributed by atoms with Crippen molar-refractivity contribution in [2.45, 2.75) is 39.5 Å². The van der Waals surface area contributed by atoms with E-state index in [-0.39, 0.29) is 0 Å². The average molecular weight is 243 g/mol. The Hall–Kier alpha value is -1.56. The van der Waals surface area contributed by atoms with E-state index in [1.807, 2.05) is 19.1 Å². The fraction of sp³-hybridized carbons (Fsp3) is 0.600. The van der Waals surface area contributed by atoms with Gasteiger partial charge in [-0.15, -0.1) is 0 Å². The highest BCUT2D eigenvalue weighted by Crippen LogP contribution is 2.28. The minimum Gasteiger partial charge on any atom is -0.370 e. The first kappa shape index (κ1) is 12.9. The zero-order valence-corrected chi connectivity index (χ0v) is 11.2. The molecule has 2 rings (SSSR count). The Kier molecular flexibility index (Phi) is 4.19. The van der Waals surface area contributed by atoms with Crippen molar-refractivity contribution in [3.05, 3.63) is 23.4 Å². The van der Waals surface area contributed by atoms with Gasteiger partial charge in [-0.05, 0) is 43.7 Å². The minimum absolute atomic E-state index is 0.683. The van der Waals surface area contributed by atoms with Gasteiger partial charge in [0.1, 0.15) is 5.82 Å². The molecule has 0 saturated heterocycles. The van der Waals surface area contributed by atoms with Gasteiger partial charge >= 0.3 is 0 Å². The number of nitriles is 1. The summed E-state index contributed by atoms with van der Waals surface area (Å²) in [5.41, 5.74) is 1.58. The van der Waals surface area contributed by atoms with Gasteiger partial charge in [0, 0.05) is 12.2 Å². The standard InChI is InChI=1S/C15H21N3/c1-11-3-5-13(6-4-11)10-17-15-8-14(9-16)7-12(2)18-15/h7-8,11,13H,3-6,10H2,1-2H3,(H,17,18). The quantitative estimate of drug-likeness (QED) is 0.884. The van der Waals surface area contributed by atoms with Crippen molar-refractivity contribution >= 4 is 5.82 Å². The summed E-state index contributed by atoms with van der Waals surface area (Å²) in [5, 5.41) is 12.3. The summed E-state index contributed by atoms with van der Waals surface area (Å²) < 4.78 is 0. The minimum atomic E-state index is 0.683. The van der Waals surface area contributed by atoms with Crippen LogP contribution in [-0.4, -0.2) is 11.5 Å². The lowest BCUT2D eigenvalue weighted by atomic mass is 9.83. The maximum absolute atomic E-state index is 8.93. The predicted octanol–water partition coefficient (Wildman–Crippen LogP) is 3.50. The van der Waals surface area contributed by atoms with E-state index in [1.54, 1.807) is 0 Å². The molecule has 1 heterocycles. The molecule has 1 fully saturated rings. The lowest BCUT2D eigenvalue weighted by Crippen LogP contribution is -2.20. The van der Waals surface area contributed by atoms with Crippen LogP contribution in [0, 0.1) is 30.1 Å². The number of nitrogens with one attached hydrogen (secondary N) is 1. The van der Waals surface area contributed by atoms with Gasteiger partial charge in [0.2, 0.25) is 0 Å². The Labute approximate surface area is 109 Å². The molecular formula is C15H21N3. The van der Waals surface area contributed by atoms with E-state index in [9.17, 15) is 0 Å². The molecule has 0 aromatic carbocycles. The second-order valence-corrected chi connectivity index (χ2v) is 5.50. The van der Waals surface area contributed by atoms with Gasteiger partial charge in [-0.2, -0.15) is 5.26 Å². The van der Waals surface area contributed by atoms with Crippen LogP contribution in [0.25, 0.3) is 0 Å². The van der Waals surface area contributed by atoms with Crippen molar-refractivity contribution in [3.63, 3.8) is 0 Å². The summed E-state index contributed by atoms with van der Waals surface area (Å²) in [6.45, 7) is 5.24. The van der Waals surface area contributed by atoms with Crippen LogP contribution in [0.3, 0.4) is 0 Å². The van der Waals surface area contributed by atoms with Crippen molar-refractivity contribution in [1.82, 2.24) is 4.98 Å². The molecule has 18 heavy (non-hydrogen) atoms. The van der Waals surface area contributed by atoms with Gasteiger partial charge in [-0.3, -0.25) is 0 Å². The lowest BCUT2D eigenvalue weighted by Gasteiger charge is -2.26. The van der Waals surface area contributed by atoms with E-state index >= 15 is 0 Å². The number of pyridine rings is 1. The molecule has 0 amide bonds. The molecule has 96 valence electrons. The first-order valence-corrected chi connectivity index (χ1v) is 6.80. The molecule has 0 unspecified atom stereocenters. The third-order valence-corrected chi connectivity index (χ3v) is 3.79. The molecule has 0 aliphatic heterocycles. The Balaban J connectivity index is 1.90. The molecule has 0 atom stereocenters. The van der Waals surface area contributed by atoms with Crippen LogP contribution in [0.1, 0.15) is 43.9 Å². The second kappa shape index (κ2) is 5.86. The highest BCUT2D eigenvalue weighted by atomic mass is 15.0. The number of anilines is 1. The molecule has 1 saturated carbocycles. The second-order valence-electron chi connectivity index (χ2n) is 5.50. The predicted molar refractivity (Wildman–Crippen MR) is 73.3 cm³/mol. The molecular weight excluding hydrogens is 222 g/mol. The molecule has 0 spiro atoms. The largest absolute Gasteiger partial charge is 0.370 e. The van der Waals surface area contributed by atoms with Crippen molar-refractivity contribution in [1.29, 1.82) is 5.26 Å². The summed E-state index contributed by atoms with van der Waals surface area (Å²) >= 11 is 0. The van der Waals surface area contributed by atoms with Gasteiger partial charge in [-0.1, -0.05) is 19.8 Å². The summed E-state index contributed by atoms with van der Waals surface area (Å²) in [7, 11) is 0.